The lowest BCUT2D eigenvalue weighted by molar-refractivity contribution is 0.598. The van der Waals surface area contributed by atoms with E-state index in [1.807, 2.05) is 32.0 Å². The Morgan fingerprint density at radius 3 is 2.39 bits per heavy atom. The summed E-state index contributed by atoms with van der Waals surface area (Å²) in [5.41, 5.74) is 7.29. The molecule has 33 heavy (non-hydrogen) atoms. The summed E-state index contributed by atoms with van der Waals surface area (Å²) in [7, 11) is 0. The van der Waals surface area contributed by atoms with Crippen molar-refractivity contribution in [3.63, 3.8) is 0 Å². The van der Waals surface area contributed by atoms with Gasteiger partial charge >= 0.3 is 0 Å². The van der Waals surface area contributed by atoms with Crippen LogP contribution in [0.3, 0.4) is 0 Å². The smallest absolute Gasteiger partial charge is 0.128 e. The number of aromatic nitrogens is 1. The van der Waals surface area contributed by atoms with Crippen molar-refractivity contribution in [2.75, 3.05) is 24.5 Å². The van der Waals surface area contributed by atoms with Crippen LogP contribution in [-0.4, -0.2) is 47.5 Å². The third kappa shape index (κ3) is 5.81. The molecule has 174 valence electrons. The Labute approximate surface area is 198 Å². The normalized spacial score (nSPS) is 17.1. The van der Waals surface area contributed by atoms with Crippen LogP contribution in [0.1, 0.15) is 58.4 Å². The first-order chi connectivity index (χ1) is 15.6. The first kappa shape index (κ1) is 24.5. The molecule has 0 atom stereocenters. The van der Waals surface area contributed by atoms with Gasteiger partial charge in [-0.05, 0) is 52.3 Å². The van der Waals surface area contributed by atoms with Crippen LogP contribution in [-0.2, 0) is 0 Å². The highest BCUT2D eigenvalue weighted by Crippen LogP contribution is 2.26. The molecule has 0 saturated carbocycles. The van der Waals surface area contributed by atoms with Crippen molar-refractivity contribution in [2.45, 2.75) is 55.4 Å². The lowest BCUT2D eigenvalue weighted by Crippen LogP contribution is -2.29. The Morgan fingerprint density at radius 1 is 1.06 bits per heavy atom. The van der Waals surface area contributed by atoms with Crippen molar-refractivity contribution in [1.82, 2.24) is 4.98 Å². The number of hydrogen-bond acceptors (Lipinski definition) is 6. The fourth-order valence-electron chi connectivity index (χ4n) is 3.80. The van der Waals surface area contributed by atoms with Gasteiger partial charge in [-0.3, -0.25) is 4.99 Å². The lowest BCUT2D eigenvalue weighted by Gasteiger charge is -2.21. The van der Waals surface area contributed by atoms with E-state index >= 15 is 0 Å². The summed E-state index contributed by atoms with van der Waals surface area (Å²) in [5, 5.41) is 9.14. The maximum atomic E-state index is 5.01. The topological polar surface area (TPSA) is 65.6 Å². The third-order valence-corrected chi connectivity index (χ3v) is 5.71. The summed E-state index contributed by atoms with van der Waals surface area (Å²) in [4.78, 5) is 16.8. The average molecular weight is 445 g/mol. The van der Waals surface area contributed by atoms with Crippen molar-refractivity contribution >= 4 is 34.4 Å². The van der Waals surface area contributed by atoms with Gasteiger partial charge in [0.15, 0.2) is 0 Å². The van der Waals surface area contributed by atoms with E-state index in [1.54, 1.807) is 0 Å². The zero-order valence-electron chi connectivity index (χ0n) is 21.3. The summed E-state index contributed by atoms with van der Waals surface area (Å²) in [6, 6.07) is 12.4. The fraction of sp³-hybridized carbons (Fsp3) is 0.444. The van der Waals surface area contributed by atoms with Crippen molar-refractivity contribution in [3.05, 3.63) is 53.2 Å². The maximum Gasteiger partial charge on any atom is 0.128 e. The number of anilines is 1. The quantitative estimate of drug-likeness (QED) is 0.406. The molecule has 1 aliphatic rings. The number of aliphatic imine (C=N–C) groups is 2. The van der Waals surface area contributed by atoms with Crippen molar-refractivity contribution in [2.24, 2.45) is 25.6 Å². The van der Waals surface area contributed by atoms with Gasteiger partial charge in [-0.15, -0.1) is 0 Å². The van der Waals surface area contributed by atoms with Gasteiger partial charge in [0.05, 0.1) is 29.3 Å². The molecule has 2 aromatic rings. The number of benzene rings is 1. The predicted molar refractivity (Wildman–Crippen MR) is 142 cm³/mol. The molecule has 6 nitrogen and oxygen atoms in total. The molecule has 0 unspecified atom stereocenters. The molecule has 0 N–H and O–H groups in total. The molecule has 0 amide bonds. The Kier molecular flexibility index (Phi) is 7.57. The Hall–Kier alpha value is -3.15. The van der Waals surface area contributed by atoms with Crippen LogP contribution in [0, 0.1) is 19.3 Å². The van der Waals surface area contributed by atoms with Crippen LogP contribution in [0.4, 0.5) is 11.5 Å². The molecule has 0 fully saturated rings. The zero-order chi connectivity index (χ0) is 24.2. The third-order valence-electron chi connectivity index (χ3n) is 5.71. The van der Waals surface area contributed by atoms with Gasteiger partial charge in [-0.2, -0.15) is 10.2 Å². The highest BCUT2D eigenvalue weighted by atomic mass is 15.2. The van der Waals surface area contributed by atoms with E-state index in [2.05, 4.69) is 74.8 Å². The summed E-state index contributed by atoms with van der Waals surface area (Å²) >= 11 is 0. The minimum atomic E-state index is -0.145. The molecule has 1 aromatic heterocycles. The van der Waals surface area contributed by atoms with Gasteiger partial charge in [0, 0.05) is 18.5 Å². The molecule has 6 heteroatoms. The minimum absolute atomic E-state index is 0.145. The van der Waals surface area contributed by atoms with E-state index in [0.29, 0.717) is 6.54 Å². The van der Waals surface area contributed by atoms with Crippen LogP contribution in [0.5, 0.6) is 0 Å². The molecule has 3 rings (SSSR count). The molecule has 0 aliphatic carbocycles. The van der Waals surface area contributed by atoms with E-state index in [0.717, 1.165) is 58.7 Å². The summed E-state index contributed by atoms with van der Waals surface area (Å²) in [5.74, 6) is 0.977. The van der Waals surface area contributed by atoms with Gasteiger partial charge in [0.2, 0.25) is 0 Å². The Morgan fingerprint density at radius 2 is 1.79 bits per heavy atom. The largest absolute Gasteiger partial charge is 0.357 e. The number of aryl methyl sites for hydroxylation is 2. The average Bonchev–Trinajstić information content (AvgIpc) is 3.17. The number of nitrogens with zero attached hydrogens (tertiary/aromatic N) is 6. The van der Waals surface area contributed by atoms with E-state index in [9.17, 15) is 0 Å². The molecular weight excluding hydrogens is 408 g/mol. The van der Waals surface area contributed by atoms with Gasteiger partial charge in [-0.1, -0.05) is 50.6 Å². The van der Waals surface area contributed by atoms with Gasteiger partial charge in [0.25, 0.3) is 0 Å². The summed E-state index contributed by atoms with van der Waals surface area (Å²) in [6.45, 7) is 19.1. The zero-order valence-corrected chi connectivity index (χ0v) is 21.3. The molecule has 0 bridgehead atoms. The van der Waals surface area contributed by atoms with Crippen molar-refractivity contribution in [3.8, 4) is 0 Å². The SMILES string of the molecule is CCN(CC)c1ccc(/N=C2/C(C(C)(C)C)=NC/C2=N\N=C(/C)c2cccc(C)c2)c(C)n1. The maximum absolute atomic E-state index is 5.01. The monoisotopic (exact) mass is 444 g/mol. The van der Waals surface area contributed by atoms with Crippen LogP contribution in [0.15, 0.2) is 56.6 Å². The van der Waals surface area contributed by atoms with Gasteiger partial charge in [-0.25, -0.2) is 9.98 Å². The molecule has 0 spiro atoms. The van der Waals surface area contributed by atoms with Crippen LogP contribution < -0.4 is 4.90 Å². The second-order valence-electron chi connectivity index (χ2n) is 9.42. The van der Waals surface area contributed by atoms with E-state index in [4.69, 9.17) is 15.0 Å². The summed E-state index contributed by atoms with van der Waals surface area (Å²) in [6.07, 6.45) is 0. The molecular formula is C27H36N6. The first-order valence-electron chi connectivity index (χ1n) is 11.7. The van der Waals surface area contributed by atoms with E-state index < -0.39 is 0 Å². The fourth-order valence-corrected chi connectivity index (χ4v) is 3.80. The first-order valence-corrected chi connectivity index (χ1v) is 11.7. The predicted octanol–water partition coefficient (Wildman–Crippen LogP) is 5.98. The van der Waals surface area contributed by atoms with Gasteiger partial charge < -0.3 is 4.90 Å². The number of hydrogen-bond donors (Lipinski definition) is 0. The second-order valence-corrected chi connectivity index (χ2v) is 9.42. The highest BCUT2D eigenvalue weighted by Gasteiger charge is 2.32. The van der Waals surface area contributed by atoms with E-state index in [1.165, 1.54) is 5.56 Å². The van der Waals surface area contributed by atoms with Crippen LogP contribution >= 0.6 is 0 Å². The van der Waals surface area contributed by atoms with Crippen molar-refractivity contribution < 1.29 is 0 Å². The van der Waals surface area contributed by atoms with Crippen molar-refractivity contribution in [1.29, 1.82) is 0 Å². The van der Waals surface area contributed by atoms with Crippen LogP contribution in [0.2, 0.25) is 0 Å². The Bertz CT molecular complexity index is 1130. The second kappa shape index (κ2) is 10.2. The molecule has 0 saturated heterocycles. The molecule has 1 aromatic carbocycles. The molecule has 0 radical (unpaired) electrons. The number of pyridine rings is 1. The van der Waals surface area contributed by atoms with Crippen LogP contribution in [0.25, 0.3) is 0 Å². The standard InChI is InChI=1S/C27H36N6/c1-9-33(10-2)24-15-14-22(20(5)29-24)30-25-23(17-28-26(25)27(6,7)8)32-31-19(4)21-13-11-12-18(3)16-21/h11-16H,9-10,17H2,1-8H3/b30-25+,31-19+,32-23+. The minimum Gasteiger partial charge on any atom is -0.357 e. The molecule has 1 aliphatic heterocycles. The van der Waals surface area contributed by atoms with E-state index in [-0.39, 0.29) is 5.41 Å². The lowest BCUT2D eigenvalue weighted by atomic mass is 9.87. The molecule has 2 heterocycles. The van der Waals surface area contributed by atoms with Gasteiger partial charge in [0.1, 0.15) is 17.2 Å². The number of rotatable bonds is 6. The Balaban J connectivity index is 2.01. The summed E-state index contributed by atoms with van der Waals surface area (Å²) < 4.78 is 0. The highest BCUT2D eigenvalue weighted by molar-refractivity contribution is 6.72.